The summed E-state index contributed by atoms with van der Waals surface area (Å²) in [6.45, 7) is 3.35. The van der Waals surface area contributed by atoms with Crippen LogP contribution in [0.15, 0.2) is 47.1 Å². The van der Waals surface area contributed by atoms with Gasteiger partial charge in [0.1, 0.15) is 17.4 Å². The number of carboxylic acids is 1. The van der Waals surface area contributed by atoms with E-state index in [-0.39, 0.29) is 35.0 Å². The monoisotopic (exact) mass is 328 g/mol. The number of benzene rings is 1. The maximum absolute atomic E-state index is 12.3. The molecular weight excluding hydrogens is 312 g/mol. The summed E-state index contributed by atoms with van der Waals surface area (Å²) in [5.41, 5.74) is 6.42. The number of carbonyl (C=O) groups excluding carboxylic acids is 1. The highest BCUT2D eigenvalue weighted by atomic mass is 16.5. The van der Waals surface area contributed by atoms with Gasteiger partial charge in [-0.1, -0.05) is 12.1 Å². The first-order valence-electron chi connectivity index (χ1n) is 7.19. The minimum Gasteiger partial charge on any atom is -0.478 e. The molecule has 0 bridgehead atoms. The van der Waals surface area contributed by atoms with Gasteiger partial charge in [0.25, 0.3) is 0 Å². The van der Waals surface area contributed by atoms with Gasteiger partial charge in [0.15, 0.2) is 0 Å². The summed E-state index contributed by atoms with van der Waals surface area (Å²) in [6, 6.07) is 7.92. The van der Waals surface area contributed by atoms with Crippen LogP contribution < -0.4 is 5.73 Å². The third-order valence-electron chi connectivity index (χ3n) is 3.57. The summed E-state index contributed by atoms with van der Waals surface area (Å²) in [5, 5.41) is 18.6. The molecule has 0 aromatic heterocycles. The number of esters is 1. The average Bonchev–Trinajstić information content (AvgIpc) is 2.54. The molecule has 2 rings (SSSR count). The van der Waals surface area contributed by atoms with Crippen molar-refractivity contribution in [1.29, 1.82) is 5.26 Å². The molecule has 24 heavy (non-hydrogen) atoms. The topological polar surface area (TPSA) is 123 Å². The molecule has 1 aromatic rings. The van der Waals surface area contributed by atoms with Gasteiger partial charge in [-0.3, -0.25) is 0 Å². The number of aromatic carboxylic acids is 1. The number of nitrogens with two attached hydrogens (primary N) is 1. The van der Waals surface area contributed by atoms with Gasteiger partial charge in [0, 0.05) is 0 Å². The van der Waals surface area contributed by atoms with E-state index >= 15 is 0 Å². The standard InChI is InChI=1S/C17H16N2O5/c1-3-23-17(22)13-9(2)24-15(19)12(8-18)14(13)10-5-4-6-11(7-10)16(20)21/h4-7,14H,3,19H2,1-2H3,(H,20,21). The summed E-state index contributed by atoms with van der Waals surface area (Å²) >= 11 is 0. The fourth-order valence-electron chi connectivity index (χ4n) is 2.54. The molecule has 124 valence electrons. The number of carbonyl (C=O) groups is 2. The van der Waals surface area contributed by atoms with Crippen molar-refractivity contribution < 1.29 is 24.2 Å². The zero-order valence-corrected chi connectivity index (χ0v) is 13.2. The van der Waals surface area contributed by atoms with Crippen molar-refractivity contribution in [1.82, 2.24) is 0 Å². The van der Waals surface area contributed by atoms with Crippen molar-refractivity contribution >= 4 is 11.9 Å². The Hall–Kier alpha value is -3.27. The Bertz CT molecular complexity index is 801. The third kappa shape index (κ3) is 3.08. The van der Waals surface area contributed by atoms with Crippen LogP contribution in [0, 0.1) is 11.3 Å². The van der Waals surface area contributed by atoms with E-state index in [0.717, 1.165) is 0 Å². The van der Waals surface area contributed by atoms with E-state index in [1.807, 2.05) is 6.07 Å². The molecule has 0 radical (unpaired) electrons. The maximum Gasteiger partial charge on any atom is 0.338 e. The average molecular weight is 328 g/mol. The SMILES string of the molecule is CCOC(=O)C1=C(C)OC(N)=C(C#N)C1c1cccc(C(=O)O)c1. The van der Waals surface area contributed by atoms with Gasteiger partial charge in [-0.15, -0.1) is 0 Å². The van der Waals surface area contributed by atoms with Crippen molar-refractivity contribution in [3.63, 3.8) is 0 Å². The Morgan fingerprint density at radius 2 is 2.17 bits per heavy atom. The molecule has 1 atom stereocenters. The molecule has 1 heterocycles. The van der Waals surface area contributed by atoms with Crippen LogP contribution in [0.4, 0.5) is 0 Å². The van der Waals surface area contributed by atoms with E-state index in [9.17, 15) is 14.9 Å². The molecule has 0 spiro atoms. The molecule has 7 heteroatoms. The Morgan fingerprint density at radius 3 is 2.75 bits per heavy atom. The second-order valence-electron chi connectivity index (χ2n) is 5.05. The van der Waals surface area contributed by atoms with Gasteiger partial charge in [-0.25, -0.2) is 9.59 Å². The van der Waals surface area contributed by atoms with Gasteiger partial charge < -0.3 is 20.3 Å². The van der Waals surface area contributed by atoms with Crippen molar-refractivity contribution in [2.24, 2.45) is 5.73 Å². The molecular formula is C17H16N2O5. The second-order valence-corrected chi connectivity index (χ2v) is 5.05. The van der Waals surface area contributed by atoms with E-state index in [4.69, 9.17) is 20.3 Å². The maximum atomic E-state index is 12.3. The Balaban J connectivity index is 2.65. The molecule has 7 nitrogen and oxygen atoms in total. The van der Waals surface area contributed by atoms with Crippen LogP contribution in [0.3, 0.4) is 0 Å². The number of carboxylic acid groups (broad SMARTS) is 1. The number of ether oxygens (including phenoxy) is 2. The van der Waals surface area contributed by atoms with Crippen LogP contribution in [0.2, 0.25) is 0 Å². The number of rotatable bonds is 4. The highest BCUT2D eigenvalue weighted by Gasteiger charge is 2.36. The van der Waals surface area contributed by atoms with Crippen molar-refractivity contribution in [3.8, 4) is 6.07 Å². The molecule has 1 aliphatic rings. The largest absolute Gasteiger partial charge is 0.478 e. The van der Waals surface area contributed by atoms with Gasteiger partial charge in [-0.05, 0) is 31.5 Å². The normalized spacial score (nSPS) is 17.1. The Labute approximate surface area is 138 Å². The van der Waals surface area contributed by atoms with Crippen molar-refractivity contribution in [2.45, 2.75) is 19.8 Å². The summed E-state index contributed by atoms with van der Waals surface area (Å²) in [4.78, 5) is 23.5. The Kier molecular flexibility index (Phi) is 4.90. The zero-order chi connectivity index (χ0) is 17.9. The minimum absolute atomic E-state index is 0.0335. The first-order chi connectivity index (χ1) is 11.4. The molecule has 0 fully saturated rings. The molecule has 0 aliphatic carbocycles. The Morgan fingerprint density at radius 1 is 1.46 bits per heavy atom. The van der Waals surface area contributed by atoms with Crippen LogP contribution in [0.1, 0.15) is 35.7 Å². The van der Waals surface area contributed by atoms with Crippen LogP contribution >= 0.6 is 0 Å². The third-order valence-corrected chi connectivity index (χ3v) is 3.57. The highest BCUT2D eigenvalue weighted by molar-refractivity contribution is 5.93. The summed E-state index contributed by atoms with van der Waals surface area (Å²) in [5.74, 6) is -2.50. The lowest BCUT2D eigenvalue weighted by atomic mass is 9.82. The predicted octanol–water partition coefficient (Wildman–Crippen LogP) is 2.03. The number of nitriles is 1. The van der Waals surface area contributed by atoms with Crippen LogP contribution in [-0.4, -0.2) is 23.7 Å². The molecule has 0 amide bonds. The van der Waals surface area contributed by atoms with Gasteiger partial charge in [0.2, 0.25) is 5.88 Å². The summed E-state index contributed by atoms with van der Waals surface area (Å²) < 4.78 is 10.3. The highest BCUT2D eigenvalue weighted by Crippen LogP contribution is 2.39. The number of hydrogen-bond donors (Lipinski definition) is 2. The van der Waals surface area contributed by atoms with Crippen LogP contribution in [-0.2, 0) is 14.3 Å². The molecule has 3 N–H and O–H groups in total. The quantitative estimate of drug-likeness (QED) is 0.811. The van der Waals surface area contributed by atoms with Crippen LogP contribution in [0.5, 0.6) is 0 Å². The predicted molar refractivity (Wildman–Crippen MR) is 83.4 cm³/mol. The van der Waals surface area contributed by atoms with E-state index in [0.29, 0.717) is 5.56 Å². The lowest BCUT2D eigenvalue weighted by Crippen LogP contribution is -2.25. The summed E-state index contributed by atoms with van der Waals surface area (Å²) in [7, 11) is 0. The zero-order valence-electron chi connectivity index (χ0n) is 13.2. The number of nitrogens with zero attached hydrogens (tertiary/aromatic N) is 1. The molecule has 1 unspecified atom stereocenters. The molecule has 1 aromatic carbocycles. The lowest BCUT2D eigenvalue weighted by Gasteiger charge is -2.26. The molecule has 0 saturated carbocycles. The van der Waals surface area contributed by atoms with E-state index in [1.54, 1.807) is 19.9 Å². The smallest absolute Gasteiger partial charge is 0.338 e. The van der Waals surface area contributed by atoms with Crippen molar-refractivity contribution in [3.05, 3.63) is 58.2 Å². The second kappa shape index (κ2) is 6.87. The minimum atomic E-state index is -1.11. The first-order valence-corrected chi connectivity index (χ1v) is 7.19. The fraction of sp³-hybridized carbons (Fsp3) is 0.235. The molecule has 0 saturated heterocycles. The van der Waals surface area contributed by atoms with Crippen molar-refractivity contribution in [2.75, 3.05) is 6.61 Å². The first kappa shape index (κ1) is 17.1. The van der Waals surface area contributed by atoms with E-state index in [1.165, 1.54) is 18.2 Å². The fourth-order valence-corrected chi connectivity index (χ4v) is 2.54. The number of hydrogen-bond acceptors (Lipinski definition) is 6. The van der Waals surface area contributed by atoms with E-state index < -0.39 is 17.9 Å². The van der Waals surface area contributed by atoms with Gasteiger partial charge >= 0.3 is 11.9 Å². The van der Waals surface area contributed by atoms with Crippen LogP contribution in [0.25, 0.3) is 0 Å². The summed E-state index contributed by atoms with van der Waals surface area (Å²) in [6.07, 6.45) is 0. The lowest BCUT2D eigenvalue weighted by molar-refractivity contribution is -0.139. The van der Waals surface area contributed by atoms with E-state index in [2.05, 4.69) is 0 Å². The van der Waals surface area contributed by atoms with Gasteiger partial charge in [0.05, 0.1) is 23.7 Å². The number of allylic oxidation sites excluding steroid dienone is 2. The van der Waals surface area contributed by atoms with Gasteiger partial charge in [-0.2, -0.15) is 5.26 Å². The molecule has 1 aliphatic heterocycles.